The number of nitrogen functional groups attached to an aromatic ring is 1. The molecule has 2 heterocycles. The van der Waals surface area contributed by atoms with Gasteiger partial charge in [-0.2, -0.15) is 5.26 Å². The van der Waals surface area contributed by atoms with Gasteiger partial charge >= 0.3 is 0 Å². The molecule has 3 rings (SSSR count). The van der Waals surface area contributed by atoms with E-state index in [2.05, 4.69) is 18.2 Å². The highest BCUT2D eigenvalue weighted by Gasteiger charge is 2.30. The van der Waals surface area contributed by atoms with Gasteiger partial charge in [0.1, 0.15) is 16.5 Å². The molecule has 0 spiro atoms. The number of nitrogens with two attached hydrogens (primary N) is 1. The molecular weight excluding hydrogens is 318 g/mol. The fourth-order valence-corrected chi connectivity index (χ4v) is 3.53. The zero-order valence-corrected chi connectivity index (χ0v) is 14.8. The Labute approximate surface area is 147 Å². The molecule has 0 fully saturated rings. The van der Waals surface area contributed by atoms with Crippen LogP contribution in [0.2, 0.25) is 0 Å². The lowest BCUT2D eigenvalue weighted by Gasteiger charge is -2.33. The van der Waals surface area contributed by atoms with E-state index in [0.29, 0.717) is 35.6 Å². The van der Waals surface area contributed by atoms with Gasteiger partial charge in [0.05, 0.1) is 17.8 Å². The molecule has 1 aliphatic heterocycles. The fourth-order valence-electron chi connectivity index (χ4n) is 3.16. The van der Waals surface area contributed by atoms with Gasteiger partial charge in [-0.05, 0) is 31.4 Å². The van der Waals surface area contributed by atoms with E-state index < -0.39 is 0 Å². The molecule has 1 aliphatic rings. The van der Waals surface area contributed by atoms with Crippen LogP contribution >= 0.6 is 12.2 Å². The van der Waals surface area contributed by atoms with Crippen molar-refractivity contribution < 1.29 is 4.74 Å². The van der Waals surface area contributed by atoms with E-state index in [1.165, 1.54) is 5.56 Å². The third kappa shape index (κ3) is 3.08. The van der Waals surface area contributed by atoms with Crippen molar-refractivity contribution in [2.24, 2.45) is 0 Å². The molecule has 124 valence electrons. The van der Waals surface area contributed by atoms with Crippen LogP contribution in [0.1, 0.15) is 36.1 Å². The number of fused-ring (bicyclic) bond motifs is 1. The highest BCUT2D eigenvalue weighted by Crippen LogP contribution is 2.33. The van der Waals surface area contributed by atoms with E-state index in [0.717, 1.165) is 17.5 Å². The third-order valence-electron chi connectivity index (χ3n) is 4.50. The van der Waals surface area contributed by atoms with Gasteiger partial charge in [-0.3, -0.25) is 0 Å². The lowest BCUT2D eigenvalue weighted by molar-refractivity contribution is -0.0406. The zero-order chi connectivity index (χ0) is 17.3. The summed E-state index contributed by atoms with van der Waals surface area (Å²) in [6.07, 6.45) is 1.47. The molecule has 0 aliphatic carbocycles. The molecule has 2 N–H and O–H groups in total. The Balaban J connectivity index is 2.03. The van der Waals surface area contributed by atoms with Gasteiger partial charge in [-0.1, -0.05) is 42.5 Å². The summed E-state index contributed by atoms with van der Waals surface area (Å²) in [5.74, 6) is 0.467. The molecule has 0 saturated carbocycles. The van der Waals surface area contributed by atoms with Crippen LogP contribution < -0.4 is 5.73 Å². The highest BCUT2D eigenvalue weighted by atomic mass is 32.1. The molecule has 5 heteroatoms. The number of anilines is 1. The van der Waals surface area contributed by atoms with Crippen LogP contribution in [-0.2, 0) is 30.7 Å². The largest absolute Gasteiger partial charge is 0.384 e. The number of benzene rings is 1. The minimum absolute atomic E-state index is 0.303. The summed E-state index contributed by atoms with van der Waals surface area (Å²) in [4.78, 5) is 0. The van der Waals surface area contributed by atoms with Gasteiger partial charge in [0.25, 0.3) is 0 Å². The monoisotopic (exact) mass is 339 g/mol. The van der Waals surface area contributed by atoms with Crippen molar-refractivity contribution in [3.05, 3.63) is 57.2 Å². The van der Waals surface area contributed by atoms with Crippen LogP contribution in [-0.4, -0.2) is 10.2 Å². The molecule has 4 nitrogen and oxygen atoms in total. The van der Waals surface area contributed by atoms with Crippen LogP contribution in [0, 0.1) is 16.0 Å². The van der Waals surface area contributed by atoms with Crippen LogP contribution in [0.4, 0.5) is 5.82 Å². The Morgan fingerprint density at radius 2 is 2.00 bits per heavy atom. The maximum Gasteiger partial charge on any atom is 0.122 e. The number of aryl methyl sites for hydroxylation is 1. The first kappa shape index (κ1) is 16.7. The summed E-state index contributed by atoms with van der Waals surface area (Å²) in [6, 6.07) is 12.5. The molecule has 0 unspecified atom stereocenters. The van der Waals surface area contributed by atoms with E-state index in [1.807, 2.05) is 36.6 Å². The lowest BCUT2D eigenvalue weighted by atomic mass is 9.89. The van der Waals surface area contributed by atoms with Crippen molar-refractivity contribution in [2.75, 3.05) is 5.73 Å². The first-order chi connectivity index (χ1) is 11.4. The number of hydrogen-bond acceptors (Lipinski definition) is 4. The number of nitrogens with zero attached hydrogens (tertiary/aromatic N) is 2. The molecule has 0 amide bonds. The number of hydrogen-bond donors (Lipinski definition) is 1. The van der Waals surface area contributed by atoms with Crippen molar-refractivity contribution in [3.8, 4) is 6.07 Å². The standard InChI is InChI=1S/C19H21N3OS/c1-19(2)10-14-15(11-20)17(21)22(18(24)16(14)12-23-19)9-8-13-6-4-3-5-7-13/h3-7H,8-10,12,21H2,1-2H3. The number of nitriles is 1. The Kier molecular flexibility index (Phi) is 4.44. The number of pyridine rings is 1. The van der Waals surface area contributed by atoms with Gasteiger partial charge in [-0.15, -0.1) is 0 Å². The Morgan fingerprint density at radius 1 is 1.29 bits per heavy atom. The summed E-state index contributed by atoms with van der Waals surface area (Å²) < 4.78 is 8.46. The second-order valence-electron chi connectivity index (χ2n) is 6.75. The molecule has 2 aromatic rings. The van der Waals surface area contributed by atoms with Crippen LogP contribution in [0.3, 0.4) is 0 Å². The molecule has 0 atom stereocenters. The maximum absolute atomic E-state index is 9.63. The highest BCUT2D eigenvalue weighted by molar-refractivity contribution is 7.71. The summed E-state index contributed by atoms with van der Waals surface area (Å²) in [5, 5.41) is 9.63. The maximum atomic E-state index is 9.63. The van der Waals surface area contributed by atoms with E-state index >= 15 is 0 Å². The fraction of sp³-hybridized carbons (Fsp3) is 0.368. The van der Waals surface area contributed by atoms with Crippen molar-refractivity contribution in [2.45, 2.75) is 45.4 Å². The third-order valence-corrected chi connectivity index (χ3v) is 4.97. The van der Waals surface area contributed by atoms with Crippen molar-refractivity contribution in [3.63, 3.8) is 0 Å². The van der Waals surface area contributed by atoms with Gasteiger partial charge in [-0.25, -0.2) is 0 Å². The molecule has 0 bridgehead atoms. The van der Waals surface area contributed by atoms with Gasteiger partial charge < -0.3 is 15.0 Å². The summed E-state index contributed by atoms with van der Waals surface area (Å²) in [7, 11) is 0. The first-order valence-electron chi connectivity index (χ1n) is 8.05. The van der Waals surface area contributed by atoms with Crippen molar-refractivity contribution in [1.29, 1.82) is 5.26 Å². The summed E-state index contributed by atoms with van der Waals surface area (Å²) in [5.41, 5.74) is 9.65. The molecule has 1 aromatic heterocycles. The minimum atomic E-state index is -0.303. The molecular formula is C19H21N3OS. The Hall–Kier alpha value is -2.16. The SMILES string of the molecule is CC1(C)Cc2c(C#N)c(N)n(CCc3ccccc3)c(=S)c2CO1. The van der Waals surface area contributed by atoms with Gasteiger partial charge in [0.2, 0.25) is 0 Å². The predicted molar refractivity (Wildman–Crippen MR) is 97.1 cm³/mol. The molecule has 0 radical (unpaired) electrons. The van der Waals surface area contributed by atoms with Crippen LogP contribution in [0.5, 0.6) is 0 Å². The van der Waals surface area contributed by atoms with E-state index in [1.54, 1.807) is 0 Å². The second kappa shape index (κ2) is 6.39. The summed E-state index contributed by atoms with van der Waals surface area (Å²) >= 11 is 5.66. The first-order valence-corrected chi connectivity index (χ1v) is 8.46. The number of ether oxygens (including phenoxy) is 1. The lowest BCUT2D eigenvalue weighted by Crippen LogP contribution is -2.33. The zero-order valence-electron chi connectivity index (χ0n) is 14.0. The van der Waals surface area contributed by atoms with E-state index in [4.69, 9.17) is 22.7 Å². The Morgan fingerprint density at radius 3 is 2.67 bits per heavy atom. The molecule has 24 heavy (non-hydrogen) atoms. The van der Waals surface area contributed by atoms with Crippen molar-refractivity contribution in [1.82, 2.24) is 4.57 Å². The van der Waals surface area contributed by atoms with Crippen LogP contribution in [0.25, 0.3) is 0 Å². The average Bonchev–Trinajstić information content (AvgIpc) is 2.55. The van der Waals surface area contributed by atoms with Crippen LogP contribution in [0.15, 0.2) is 30.3 Å². The number of aromatic nitrogens is 1. The quantitative estimate of drug-likeness (QED) is 0.865. The average molecular weight is 339 g/mol. The topological polar surface area (TPSA) is 64.0 Å². The van der Waals surface area contributed by atoms with Gasteiger partial charge in [0, 0.05) is 18.5 Å². The predicted octanol–water partition coefficient (Wildman–Crippen LogP) is 3.77. The van der Waals surface area contributed by atoms with Gasteiger partial charge in [0.15, 0.2) is 0 Å². The Bertz CT molecular complexity index is 863. The second-order valence-corrected chi connectivity index (χ2v) is 7.13. The number of rotatable bonds is 3. The minimum Gasteiger partial charge on any atom is -0.384 e. The smallest absolute Gasteiger partial charge is 0.122 e. The summed E-state index contributed by atoms with van der Waals surface area (Å²) in [6.45, 7) is 5.13. The van der Waals surface area contributed by atoms with E-state index in [-0.39, 0.29) is 5.60 Å². The molecule has 0 saturated heterocycles. The normalized spacial score (nSPS) is 15.5. The van der Waals surface area contributed by atoms with E-state index in [9.17, 15) is 5.26 Å². The molecule has 1 aromatic carbocycles. The van der Waals surface area contributed by atoms with Crippen molar-refractivity contribution >= 4 is 18.0 Å².